The molecule has 3 atom stereocenters. The van der Waals surface area contributed by atoms with E-state index in [1.807, 2.05) is 0 Å². The van der Waals surface area contributed by atoms with Crippen molar-refractivity contribution >= 4 is 5.84 Å². The third kappa shape index (κ3) is 3.68. The fourth-order valence-corrected chi connectivity index (χ4v) is 2.05. The smallest absolute Gasteiger partial charge is 0.140 e. The number of nitrogens with two attached hydrogens (primary N) is 1. The lowest BCUT2D eigenvalue weighted by molar-refractivity contribution is -0.0776. The van der Waals surface area contributed by atoms with Gasteiger partial charge in [0.25, 0.3) is 0 Å². The number of amidine groups is 1. The Morgan fingerprint density at radius 3 is 2.53 bits per heavy atom. The van der Waals surface area contributed by atoms with Crippen LogP contribution in [-0.4, -0.2) is 47.3 Å². The number of morpholine rings is 1. The summed E-state index contributed by atoms with van der Waals surface area (Å²) in [5, 5.41) is 11.5. The minimum Gasteiger partial charge on any atom is -0.409 e. The van der Waals surface area contributed by atoms with Gasteiger partial charge in [0.05, 0.1) is 12.2 Å². The van der Waals surface area contributed by atoms with Crippen LogP contribution in [0.15, 0.2) is 5.16 Å². The van der Waals surface area contributed by atoms with Crippen molar-refractivity contribution in [2.45, 2.75) is 45.4 Å². The van der Waals surface area contributed by atoms with E-state index < -0.39 is 0 Å². The molecule has 0 aromatic carbocycles. The standard InChI is InChI=1S/C10H21N3O2/c1-7(4-10(11)12-14)13-5-8(2)15-9(3)6-13/h7-9,14H,4-6H2,1-3H3,(H2,11,12)/t7?,8-,9+. The van der Waals surface area contributed by atoms with Crippen LogP contribution in [0.3, 0.4) is 0 Å². The molecule has 0 aromatic heterocycles. The molecule has 0 saturated carbocycles. The predicted molar refractivity (Wildman–Crippen MR) is 59.1 cm³/mol. The van der Waals surface area contributed by atoms with Crippen LogP contribution in [0.2, 0.25) is 0 Å². The fraction of sp³-hybridized carbons (Fsp3) is 0.900. The molecule has 1 rings (SSSR count). The molecule has 0 bridgehead atoms. The zero-order chi connectivity index (χ0) is 11.4. The van der Waals surface area contributed by atoms with Gasteiger partial charge in [-0.05, 0) is 20.8 Å². The summed E-state index contributed by atoms with van der Waals surface area (Å²) in [7, 11) is 0. The minimum atomic E-state index is 0.253. The largest absolute Gasteiger partial charge is 0.409 e. The molecule has 0 aliphatic carbocycles. The van der Waals surface area contributed by atoms with Crippen molar-refractivity contribution in [3.63, 3.8) is 0 Å². The van der Waals surface area contributed by atoms with Crippen LogP contribution in [0, 0.1) is 0 Å². The van der Waals surface area contributed by atoms with Crippen LogP contribution in [0.5, 0.6) is 0 Å². The molecule has 1 heterocycles. The predicted octanol–water partition coefficient (Wildman–Crippen LogP) is 0.621. The van der Waals surface area contributed by atoms with Gasteiger partial charge in [-0.15, -0.1) is 0 Å². The first-order chi connectivity index (χ1) is 7.02. The average molecular weight is 215 g/mol. The van der Waals surface area contributed by atoms with E-state index in [1.54, 1.807) is 0 Å². The fourth-order valence-electron chi connectivity index (χ4n) is 2.05. The van der Waals surface area contributed by atoms with Crippen molar-refractivity contribution in [2.75, 3.05) is 13.1 Å². The molecule has 1 aliphatic heterocycles. The van der Waals surface area contributed by atoms with Crippen LogP contribution in [0.4, 0.5) is 0 Å². The Balaban J connectivity index is 2.48. The zero-order valence-corrected chi connectivity index (χ0v) is 9.68. The quantitative estimate of drug-likeness (QED) is 0.313. The second-order valence-corrected chi connectivity index (χ2v) is 4.36. The van der Waals surface area contributed by atoms with Crippen LogP contribution >= 0.6 is 0 Å². The molecule has 1 aliphatic rings. The molecule has 0 amide bonds. The Bertz CT molecular complexity index is 223. The normalized spacial score (nSPS) is 31.5. The van der Waals surface area contributed by atoms with Gasteiger partial charge in [-0.1, -0.05) is 5.16 Å². The van der Waals surface area contributed by atoms with Crippen molar-refractivity contribution in [2.24, 2.45) is 10.9 Å². The third-order valence-electron chi connectivity index (χ3n) is 2.70. The van der Waals surface area contributed by atoms with Gasteiger partial charge in [0, 0.05) is 25.6 Å². The maximum Gasteiger partial charge on any atom is 0.140 e. The zero-order valence-electron chi connectivity index (χ0n) is 9.68. The number of oxime groups is 1. The summed E-state index contributed by atoms with van der Waals surface area (Å²) in [6.07, 6.45) is 1.10. The summed E-state index contributed by atoms with van der Waals surface area (Å²) >= 11 is 0. The van der Waals surface area contributed by atoms with Gasteiger partial charge in [-0.2, -0.15) is 0 Å². The molecule has 5 heteroatoms. The summed E-state index contributed by atoms with van der Waals surface area (Å²) < 4.78 is 5.65. The summed E-state index contributed by atoms with van der Waals surface area (Å²) in [4.78, 5) is 2.32. The molecule has 3 N–H and O–H groups in total. The highest BCUT2D eigenvalue weighted by Crippen LogP contribution is 2.15. The minimum absolute atomic E-state index is 0.253. The van der Waals surface area contributed by atoms with E-state index in [2.05, 4.69) is 30.8 Å². The Kier molecular flexibility index (Phi) is 4.35. The van der Waals surface area contributed by atoms with Crippen molar-refractivity contribution in [1.29, 1.82) is 0 Å². The number of nitrogens with zero attached hydrogens (tertiary/aromatic N) is 2. The van der Waals surface area contributed by atoms with E-state index in [1.165, 1.54) is 0 Å². The Labute approximate surface area is 90.9 Å². The van der Waals surface area contributed by atoms with Crippen LogP contribution < -0.4 is 5.73 Å². The van der Waals surface area contributed by atoms with E-state index in [-0.39, 0.29) is 24.1 Å². The lowest BCUT2D eigenvalue weighted by atomic mass is 10.1. The summed E-state index contributed by atoms with van der Waals surface area (Å²) in [6.45, 7) is 8.04. The van der Waals surface area contributed by atoms with Gasteiger partial charge in [-0.3, -0.25) is 4.90 Å². The highest BCUT2D eigenvalue weighted by Gasteiger charge is 2.25. The number of rotatable bonds is 3. The first-order valence-corrected chi connectivity index (χ1v) is 5.38. The maximum atomic E-state index is 8.51. The van der Waals surface area contributed by atoms with Gasteiger partial charge < -0.3 is 15.7 Å². The summed E-state index contributed by atoms with van der Waals surface area (Å²) in [5.74, 6) is 0.286. The monoisotopic (exact) mass is 215 g/mol. The lowest BCUT2D eigenvalue weighted by Crippen LogP contribution is -2.50. The molecule has 0 spiro atoms. The third-order valence-corrected chi connectivity index (χ3v) is 2.70. The van der Waals surface area contributed by atoms with E-state index in [0.717, 1.165) is 13.1 Å². The lowest BCUT2D eigenvalue weighted by Gasteiger charge is -2.38. The Morgan fingerprint density at radius 1 is 1.53 bits per heavy atom. The molecule has 15 heavy (non-hydrogen) atoms. The van der Waals surface area contributed by atoms with Gasteiger partial charge in [0.1, 0.15) is 5.84 Å². The molecule has 1 saturated heterocycles. The maximum absolute atomic E-state index is 8.51. The van der Waals surface area contributed by atoms with E-state index in [0.29, 0.717) is 6.42 Å². The molecule has 0 aromatic rings. The van der Waals surface area contributed by atoms with E-state index in [4.69, 9.17) is 15.7 Å². The first kappa shape index (κ1) is 12.3. The molecular weight excluding hydrogens is 194 g/mol. The second kappa shape index (κ2) is 5.32. The number of hydrogen-bond acceptors (Lipinski definition) is 4. The molecule has 1 fully saturated rings. The van der Waals surface area contributed by atoms with Crippen molar-refractivity contribution in [3.05, 3.63) is 0 Å². The van der Waals surface area contributed by atoms with E-state index in [9.17, 15) is 0 Å². The summed E-state index contributed by atoms with van der Waals surface area (Å²) in [5.41, 5.74) is 5.49. The Morgan fingerprint density at radius 2 is 2.07 bits per heavy atom. The van der Waals surface area contributed by atoms with Crippen LogP contribution in [-0.2, 0) is 4.74 Å². The second-order valence-electron chi connectivity index (χ2n) is 4.36. The molecule has 1 unspecified atom stereocenters. The molecule has 0 radical (unpaired) electrons. The van der Waals surface area contributed by atoms with Gasteiger partial charge in [-0.25, -0.2) is 0 Å². The molecular formula is C10H21N3O2. The van der Waals surface area contributed by atoms with E-state index >= 15 is 0 Å². The van der Waals surface area contributed by atoms with Gasteiger partial charge >= 0.3 is 0 Å². The summed E-state index contributed by atoms with van der Waals surface area (Å²) in [6, 6.07) is 0.287. The average Bonchev–Trinajstić information content (AvgIpc) is 2.16. The first-order valence-electron chi connectivity index (χ1n) is 5.38. The van der Waals surface area contributed by atoms with Crippen molar-refractivity contribution in [1.82, 2.24) is 4.90 Å². The van der Waals surface area contributed by atoms with Gasteiger partial charge in [0.2, 0.25) is 0 Å². The topological polar surface area (TPSA) is 71.1 Å². The number of ether oxygens (including phenoxy) is 1. The molecule has 5 nitrogen and oxygen atoms in total. The Hall–Kier alpha value is -0.810. The number of hydrogen-bond donors (Lipinski definition) is 2. The molecule has 88 valence electrons. The van der Waals surface area contributed by atoms with Crippen LogP contribution in [0.1, 0.15) is 27.2 Å². The van der Waals surface area contributed by atoms with Crippen LogP contribution in [0.25, 0.3) is 0 Å². The van der Waals surface area contributed by atoms with Crippen molar-refractivity contribution < 1.29 is 9.94 Å². The SMILES string of the molecule is CC(CC(N)=NO)N1C[C@@H](C)O[C@@H](C)C1. The van der Waals surface area contributed by atoms with Gasteiger partial charge in [0.15, 0.2) is 0 Å². The van der Waals surface area contributed by atoms with Crippen molar-refractivity contribution in [3.8, 4) is 0 Å². The highest BCUT2D eigenvalue weighted by molar-refractivity contribution is 5.80. The highest BCUT2D eigenvalue weighted by atomic mass is 16.5.